The van der Waals surface area contributed by atoms with E-state index >= 15 is 0 Å². The first-order valence-electron chi connectivity index (χ1n) is 4.51. The quantitative estimate of drug-likeness (QED) is 0.358. The van der Waals surface area contributed by atoms with E-state index in [1.54, 1.807) is 0 Å². The van der Waals surface area contributed by atoms with E-state index in [4.69, 9.17) is 0 Å². The van der Waals surface area contributed by atoms with Crippen LogP contribution in [0, 0.1) is 10.1 Å². The molecule has 0 saturated carbocycles. The van der Waals surface area contributed by atoms with Crippen molar-refractivity contribution in [3.63, 3.8) is 0 Å². The van der Waals surface area contributed by atoms with Gasteiger partial charge in [0.15, 0.2) is 0 Å². The van der Waals surface area contributed by atoms with Crippen molar-refractivity contribution in [2.75, 3.05) is 0 Å². The Morgan fingerprint density at radius 3 is 2.73 bits per heavy atom. The fourth-order valence-corrected chi connectivity index (χ4v) is 1.80. The van der Waals surface area contributed by atoms with Gasteiger partial charge in [0.25, 0.3) is 5.69 Å². The Labute approximate surface area is 95.6 Å². The fraction of sp³-hybridized carbons (Fsp3) is 0.300. The number of nitrogens with zero attached hydrogens (tertiary/aromatic N) is 1. The molecule has 0 aliphatic heterocycles. The summed E-state index contributed by atoms with van der Waals surface area (Å²) in [6.07, 6.45) is 2.74. The normalized spacial score (nSPS) is 9.93. The van der Waals surface area contributed by atoms with Gasteiger partial charge in [-0.1, -0.05) is 15.9 Å². The standard InChI is InChI=1S/C10H10BrNO3/c11-9-5-8(3-1-2-4-13)6-10(7-9)12(14)15/h4-7H,1-3H2. The molecule has 0 N–H and O–H groups in total. The van der Waals surface area contributed by atoms with Crippen LogP contribution < -0.4 is 0 Å². The first-order valence-corrected chi connectivity index (χ1v) is 5.30. The molecule has 1 aromatic carbocycles. The van der Waals surface area contributed by atoms with Crippen molar-refractivity contribution < 1.29 is 9.72 Å². The van der Waals surface area contributed by atoms with E-state index in [1.807, 2.05) is 6.07 Å². The molecule has 5 heteroatoms. The van der Waals surface area contributed by atoms with Gasteiger partial charge in [-0.3, -0.25) is 10.1 Å². The summed E-state index contributed by atoms with van der Waals surface area (Å²) in [5.41, 5.74) is 0.948. The van der Waals surface area contributed by atoms with Crippen LogP contribution in [0.1, 0.15) is 18.4 Å². The van der Waals surface area contributed by atoms with Crippen molar-refractivity contribution in [3.8, 4) is 0 Å². The lowest BCUT2D eigenvalue weighted by molar-refractivity contribution is -0.385. The van der Waals surface area contributed by atoms with E-state index in [9.17, 15) is 14.9 Å². The van der Waals surface area contributed by atoms with Crippen LogP contribution in [0.25, 0.3) is 0 Å². The van der Waals surface area contributed by atoms with Crippen molar-refractivity contribution in [1.29, 1.82) is 0 Å². The zero-order valence-electron chi connectivity index (χ0n) is 7.98. The van der Waals surface area contributed by atoms with Gasteiger partial charge >= 0.3 is 0 Å². The molecule has 0 unspecified atom stereocenters. The molecule has 0 atom stereocenters. The first-order chi connectivity index (χ1) is 7.13. The number of halogens is 1. The molecule has 15 heavy (non-hydrogen) atoms. The minimum atomic E-state index is -0.423. The van der Waals surface area contributed by atoms with Gasteiger partial charge in [0.2, 0.25) is 0 Å². The third kappa shape index (κ3) is 3.79. The number of aryl methyl sites for hydroxylation is 1. The number of carbonyl (C=O) groups is 1. The third-order valence-electron chi connectivity index (χ3n) is 1.94. The van der Waals surface area contributed by atoms with Crippen molar-refractivity contribution in [1.82, 2.24) is 0 Å². The Hall–Kier alpha value is -1.23. The summed E-state index contributed by atoms with van der Waals surface area (Å²) >= 11 is 3.22. The summed E-state index contributed by atoms with van der Waals surface area (Å²) in [6, 6.07) is 4.83. The smallest absolute Gasteiger partial charge is 0.270 e. The molecule has 0 aliphatic carbocycles. The Balaban J connectivity index is 2.79. The maximum Gasteiger partial charge on any atom is 0.270 e. The zero-order chi connectivity index (χ0) is 11.3. The van der Waals surface area contributed by atoms with E-state index in [1.165, 1.54) is 12.1 Å². The van der Waals surface area contributed by atoms with Crippen molar-refractivity contribution in [2.45, 2.75) is 19.3 Å². The number of nitro benzene ring substituents is 1. The summed E-state index contributed by atoms with van der Waals surface area (Å²) in [6.45, 7) is 0. The van der Waals surface area contributed by atoms with Gasteiger partial charge in [-0.25, -0.2) is 0 Å². The van der Waals surface area contributed by atoms with Crippen LogP contribution >= 0.6 is 15.9 Å². The second-order valence-electron chi connectivity index (χ2n) is 3.13. The Morgan fingerprint density at radius 2 is 2.13 bits per heavy atom. The van der Waals surface area contributed by atoms with E-state index < -0.39 is 4.92 Å². The highest BCUT2D eigenvalue weighted by atomic mass is 79.9. The monoisotopic (exact) mass is 271 g/mol. The van der Waals surface area contributed by atoms with E-state index in [2.05, 4.69) is 15.9 Å². The molecule has 1 aromatic rings. The van der Waals surface area contributed by atoms with Crippen LogP contribution in [-0.2, 0) is 11.2 Å². The van der Waals surface area contributed by atoms with Gasteiger partial charge in [-0.05, 0) is 24.5 Å². The molecule has 0 heterocycles. The molecular formula is C10H10BrNO3. The molecule has 0 radical (unpaired) electrons. The van der Waals surface area contributed by atoms with E-state index in [0.29, 0.717) is 17.3 Å². The van der Waals surface area contributed by atoms with Crippen LogP contribution in [0.3, 0.4) is 0 Å². The van der Waals surface area contributed by atoms with Gasteiger partial charge in [0.05, 0.1) is 4.92 Å². The zero-order valence-corrected chi connectivity index (χ0v) is 9.57. The van der Waals surface area contributed by atoms with Gasteiger partial charge in [0, 0.05) is 23.0 Å². The van der Waals surface area contributed by atoms with Crippen LogP contribution in [0.15, 0.2) is 22.7 Å². The summed E-state index contributed by atoms with van der Waals surface area (Å²) in [4.78, 5) is 20.3. The fourth-order valence-electron chi connectivity index (χ4n) is 1.27. The molecule has 80 valence electrons. The predicted octanol–water partition coefficient (Wildman–Crippen LogP) is 2.88. The lowest BCUT2D eigenvalue weighted by Crippen LogP contribution is -1.92. The predicted molar refractivity (Wildman–Crippen MR) is 59.8 cm³/mol. The maximum atomic E-state index is 10.6. The molecule has 0 fully saturated rings. The molecule has 0 aliphatic rings. The van der Waals surface area contributed by atoms with Crippen molar-refractivity contribution >= 4 is 27.9 Å². The minimum absolute atomic E-state index is 0.0745. The molecule has 1 rings (SSSR count). The van der Waals surface area contributed by atoms with Gasteiger partial charge in [-0.2, -0.15) is 0 Å². The molecular weight excluding hydrogens is 262 g/mol. The Morgan fingerprint density at radius 1 is 1.40 bits per heavy atom. The van der Waals surface area contributed by atoms with Crippen LogP contribution in [0.4, 0.5) is 5.69 Å². The summed E-state index contributed by atoms with van der Waals surface area (Å²) in [7, 11) is 0. The van der Waals surface area contributed by atoms with Gasteiger partial charge in [0.1, 0.15) is 6.29 Å². The maximum absolute atomic E-state index is 10.6. The summed E-state index contributed by atoms with van der Waals surface area (Å²) < 4.78 is 0.692. The third-order valence-corrected chi connectivity index (χ3v) is 2.40. The number of non-ortho nitro benzene ring substituents is 1. The molecule has 4 nitrogen and oxygen atoms in total. The van der Waals surface area contributed by atoms with Crippen LogP contribution in [-0.4, -0.2) is 11.2 Å². The number of benzene rings is 1. The molecule has 0 spiro atoms. The number of rotatable bonds is 5. The first kappa shape index (κ1) is 11.8. The lowest BCUT2D eigenvalue weighted by atomic mass is 10.1. The van der Waals surface area contributed by atoms with Crippen molar-refractivity contribution in [3.05, 3.63) is 38.3 Å². The number of hydrogen-bond acceptors (Lipinski definition) is 3. The average Bonchev–Trinajstić information content (AvgIpc) is 2.17. The largest absolute Gasteiger partial charge is 0.303 e. The highest BCUT2D eigenvalue weighted by Crippen LogP contribution is 2.22. The van der Waals surface area contributed by atoms with E-state index in [-0.39, 0.29) is 5.69 Å². The molecule has 0 bridgehead atoms. The molecule has 0 aromatic heterocycles. The second-order valence-corrected chi connectivity index (χ2v) is 4.05. The van der Waals surface area contributed by atoms with E-state index in [0.717, 1.165) is 18.3 Å². The Bertz CT molecular complexity index is 379. The van der Waals surface area contributed by atoms with Crippen molar-refractivity contribution in [2.24, 2.45) is 0 Å². The molecule has 0 saturated heterocycles. The lowest BCUT2D eigenvalue weighted by Gasteiger charge is -2.00. The topological polar surface area (TPSA) is 60.2 Å². The minimum Gasteiger partial charge on any atom is -0.303 e. The highest BCUT2D eigenvalue weighted by molar-refractivity contribution is 9.10. The van der Waals surface area contributed by atoms with Crippen LogP contribution in [0.2, 0.25) is 0 Å². The molecule has 0 amide bonds. The SMILES string of the molecule is O=CCCCc1cc(Br)cc([N+](=O)[O-])c1. The summed E-state index contributed by atoms with van der Waals surface area (Å²) in [5, 5.41) is 10.6. The number of hydrogen-bond donors (Lipinski definition) is 0. The average molecular weight is 272 g/mol. The number of carbonyl (C=O) groups excluding carboxylic acids is 1. The second kappa shape index (κ2) is 5.60. The number of nitro groups is 1. The van der Waals surface area contributed by atoms with Crippen LogP contribution in [0.5, 0.6) is 0 Å². The number of aldehydes is 1. The summed E-state index contributed by atoms with van der Waals surface area (Å²) in [5.74, 6) is 0. The highest BCUT2D eigenvalue weighted by Gasteiger charge is 2.08. The van der Waals surface area contributed by atoms with Gasteiger partial charge < -0.3 is 4.79 Å². The van der Waals surface area contributed by atoms with Gasteiger partial charge in [-0.15, -0.1) is 0 Å². The number of unbranched alkanes of at least 4 members (excludes halogenated alkanes) is 1. The Kier molecular flexibility index (Phi) is 4.42.